The third-order valence-electron chi connectivity index (χ3n) is 4.07. The lowest BCUT2D eigenvalue weighted by Crippen LogP contribution is -2.60. The van der Waals surface area contributed by atoms with Crippen molar-refractivity contribution < 1.29 is 29.0 Å². The number of carboxylic acid groups (broad SMARTS) is 1. The van der Waals surface area contributed by atoms with Crippen molar-refractivity contribution in [1.29, 1.82) is 0 Å². The Labute approximate surface area is 154 Å². The molecule has 0 bridgehead atoms. The summed E-state index contributed by atoms with van der Waals surface area (Å²) in [5.41, 5.74) is -1.36. The van der Waals surface area contributed by atoms with E-state index in [-0.39, 0.29) is 31.6 Å². The predicted octanol–water partition coefficient (Wildman–Crippen LogP) is 1.37. The average molecular weight is 373 g/mol. The topological polar surface area (TPSA) is 108 Å². The van der Waals surface area contributed by atoms with Crippen molar-refractivity contribution >= 4 is 18.2 Å². The monoisotopic (exact) mass is 373 g/mol. The van der Waals surface area contributed by atoms with Gasteiger partial charge in [0.25, 0.3) is 0 Å². The van der Waals surface area contributed by atoms with Crippen molar-refractivity contribution in [3.05, 3.63) is 0 Å². The quantitative estimate of drug-likeness (QED) is 0.701. The van der Waals surface area contributed by atoms with Crippen LogP contribution >= 0.6 is 0 Å². The molecule has 2 amide bonds. The van der Waals surface area contributed by atoms with E-state index >= 15 is 0 Å². The molecule has 9 nitrogen and oxygen atoms in total. The number of amides is 2. The second-order valence-electron chi connectivity index (χ2n) is 8.06. The molecule has 0 unspecified atom stereocenters. The third kappa shape index (κ3) is 6.36. The lowest BCUT2D eigenvalue weighted by atomic mass is 9.93. The largest absolute Gasteiger partial charge is 0.469 e. The van der Waals surface area contributed by atoms with Gasteiger partial charge in [-0.1, -0.05) is 0 Å². The highest BCUT2D eigenvalue weighted by atomic mass is 16.6. The molecular formula is C17H31N3O6. The smallest absolute Gasteiger partial charge is 0.410 e. The highest BCUT2D eigenvalue weighted by molar-refractivity contribution is 5.76. The van der Waals surface area contributed by atoms with E-state index in [1.807, 2.05) is 0 Å². The van der Waals surface area contributed by atoms with Crippen molar-refractivity contribution in [2.45, 2.75) is 46.3 Å². The van der Waals surface area contributed by atoms with Gasteiger partial charge in [-0.2, -0.15) is 0 Å². The summed E-state index contributed by atoms with van der Waals surface area (Å²) >= 11 is 0. The molecule has 9 heteroatoms. The Kier molecular flexibility index (Phi) is 7.25. The fourth-order valence-electron chi connectivity index (χ4n) is 2.66. The van der Waals surface area contributed by atoms with E-state index in [1.165, 1.54) is 12.0 Å². The summed E-state index contributed by atoms with van der Waals surface area (Å²) in [6.07, 6.45) is -1.49. The molecule has 1 atom stereocenters. The maximum absolute atomic E-state index is 12.5. The van der Waals surface area contributed by atoms with Gasteiger partial charge in [-0.25, -0.2) is 9.59 Å². The van der Waals surface area contributed by atoms with Gasteiger partial charge in [0, 0.05) is 32.7 Å². The molecule has 1 saturated heterocycles. The van der Waals surface area contributed by atoms with Crippen LogP contribution in [0.1, 0.15) is 34.6 Å². The summed E-state index contributed by atoms with van der Waals surface area (Å²) in [4.78, 5) is 38.3. The van der Waals surface area contributed by atoms with Crippen LogP contribution in [0.3, 0.4) is 0 Å². The summed E-state index contributed by atoms with van der Waals surface area (Å²) in [5, 5.41) is 12.4. The number of ether oxygens (including phenoxy) is 2. The molecule has 26 heavy (non-hydrogen) atoms. The lowest BCUT2D eigenvalue weighted by molar-refractivity contribution is -0.150. The van der Waals surface area contributed by atoms with Crippen molar-refractivity contribution in [2.24, 2.45) is 5.41 Å². The molecule has 2 N–H and O–H groups in total. The van der Waals surface area contributed by atoms with Crippen LogP contribution in [0.15, 0.2) is 0 Å². The molecule has 0 saturated carbocycles. The molecule has 150 valence electrons. The molecule has 0 radical (unpaired) electrons. The Bertz CT molecular complexity index is 529. The second-order valence-corrected chi connectivity index (χ2v) is 8.06. The molecule has 1 heterocycles. The summed E-state index contributed by atoms with van der Waals surface area (Å²) < 4.78 is 10.2. The Morgan fingerprint density at radius 3 is 2.27 bits per heavy atom. The highest BCUT2D eigenvalue weighted by Crippen LogP contribution is 2.18. The van der Waals surface area contributed by atoms with Gasteiger partial charge in [-0.15, -0.1) is 0 Å². The van der Waals surface area contributed by atoms with Crippen molar-refractivity contribution in [3.63, 3.8) is 0 Å². The predicted molar refractivity (Wildman–Crippen MR) is 95.0 cm³/mol. The number of hydrogen-bond acceptors (Lipinski definition) is 6. The number of nitrogens with zero attached hydrogens (tertiary/aromatic N) is 2. The van der Waals surface area contributed by atoms with Crippen LogP contribution in [0.25, 0.3) is 0 Å². The third-order valence-corrected chi connectivity index (χ3v) is 4.07. The van der Waals surface area contributed by atoms with Crippen LogP contribution in [0.4, 0.5) is 9.59 Å². The zero-order valence-electron chi connectivity index (χ0n) is 16.5. The minimum atomic E-state index is -1.02. The molecule has 0 spiro atoms. The van der Waals surface area contributed by atoms with Gasteiger partial charge in [0.2, 0.25) is 0 Å². The molecular weight excluding hydrogens is 342 g/mol. The minimum absolute atomic E-state index is 0.181. The SMILES string of the molecule is COC(=O)C(C)(C)CNC[C@@H]1CN(C(=O)O)CCN1C(=O)OC(C)(C)C. The Morgan fingerprint density at radius 1 is 1.15 bits per heavy atom. The molecule has 1 rings (SSSR count). The van der Waals surface area contributed by atoms with Gasteiger partial charge in [0.1, 0.15) is 5.60 Å². The highest BCUT2D eigenvalue weighted by Gasteiger charge is 2.35. The van der Waals surface area contributed by atoms with E-state index in [4.69, 9.17) is 9.47 Å². The van der Waals surface area contributed by atoms with Gasteiger partial charge in [-0.3, -0.25) is 4.79 Å². The van der Waals surface area contributed by atoms with E-state index in [0.29, 0.717) is 13.1 Å². The van der Waals surface area contributed by atoms with Gasteiger partial charge in [0.05, 0.1) is 18.6 Å². The van der Waals surface area contributed by atoms with E-state index in [9.17, 15) is 19.5 Å². The van der Waals surface area contributed by atoms with Gasteiger partial charge in [0.15, 0.2) is 0 Å². The Hall–Kier alpha value is -2.03. The number of hydrogen-bond donors (Lipinski definition) is 2. The van der Waals surface area contributed by atoms with Crippen molar-refractivity contribution in [3.8, 4) is 0 Å². The molecule has 1 aliphatic rings. The zero-order chi connectivity index (χ0) is 20.1. The maximum Gasteiger partial charge on any atom is 0.410 e. The molecule has 1 fully saturated rings. The van der Waals surface area contributed by atoms with Crippen LogP contribution in [0.5, 0.6) is 0 Å². The normalized spacial score (nSPS) is 18.5. The molecule has 0 aromatic carbocycles. The van der Waals surface area contributed by atoms with E-state index in [1.54, 1.807) is 39.5 Å². The van der Waals surface area contributed by atoms with Crippen LogP contribution < -0.4 is 5.32 Å². The first-order valence-corrected chi connectivity index (χ1v) is 8.64. The average Bonchev–Trinajstić information content (AvgIpc) is 2.51. The van der Waals surface area contributed by atoms with Gasteiger partial charge < -0.3 is 29.7 Å². The standard InChI is InChI=1S/C17H31N3O6/c1-16(2,3)26-15(24)20-8-7-19(14(22)23)10-12(20)9-18-11-17(4,5)13(21)25-6/h12,18H,7-11H2,1-6H3,(H,22,23)/t12-/m1/s1. The van der Waals surface area contributed by atoms with Gasteiger partial charge in [-0.05, 0) is 34.6 Å². The molecule has 1 aliphatic heterocycles. The maximum atomic E-state index is 12.5. The minimum Gasteiger partial charge on any atom is -0.469 e. The first-order valence-electron chi connectivity index (χ1n) is 8.64. The number of carbonyl (C=O) groups is 3. The molecule has 0 aliphatic carbocycles. The van der Waals surface area contributed by atoms with Crippen LogP contribution in [-0.2, 0) is 14.3 Å². The Balaban J connectivity index is 2.76. The Morgan fingerprint density at radius 2 is 1.77 bits per heavy atom. The number of piperazine rings is 1. The summed E-state index contributed by atoms with van der Waals surface area (Å²) in [6, 6.07) is -0.386. The number of rotatable bonds is 5. The van der Waals surface area contributed by atoms with Crippen LogP contribution in [-0.4, -0.2) is 84.5 Å². The lowest BCUT2D eigenvalue weighted by Gasteiger charge is -2.41. The summed E-state index contributed by atoms with van der Waals surface area (Å²) in [7, 11) is 1.33. The first kappa shape index (κ1) is 22.0. The van der Waals surface area contributed by atoms with Crippen LogP contribution in [0, 0.1) is 5.41 Å². The van der Waals surface area contributed by atoms with Gasteiger partial charge >= 0.3 is 18.2 Å². The van der Waals surface area contributed by atoms with E-state index in [2.05, 4.69) is 5.32 Å². The summed E-state index contributed by atoms with van der Waals surface area (Å²) in [6.45, 7) is 10.2. The number of esters is 1. The number of methoxy groups -OCH3 is 1. The van der Waals surface area contributed by atoms with E-state index < -0.39 is 23.2 Å². The first-order chi connectivity index (χ1) is 11.9. The summed E-state index contributed by atoms with van der Waals surface area (Å²) in [5.74, 6) is -0.343. The number of carbonyl (C=O) groups excluding carboxylic acids is 2. The fraction of sp³-hybridized carbons (Fsp3) is 0.824. The fourth-order valence-corrected chi connectivity index (χ4v) is 2.66. The van der Waals surface area contributed by atoms with Crippen molar-refractivity contribution in [2.75, 3.05) is 39.8 Å². The zero-order valence-corrected chi connectivity index (χ0v) is 16.5. The second kappa shape index (κ2) is 8.57. The molecule has 0 aromatic rings. The van der Waals surface area contributed by atoms with Crippen molar-refractivity contribution in [1.82, 2.24) is 15.1 Å². The van der Waals surface area contributed by atoms with Crippen LogP contribution in [0.2, 0.25) is 0 Å². The van der Waals surface area contributed by atoms with E-state index in [0.717, 1.165) is 0 Å². The molecule has 0 aromatic heterocycles. The number of nitrogens with one attached hydrogen (secondary N) is 1.